The molecule has 5 rings (SSSR count). The van der Waals surface area contributed by atoms with Crippen molar-refractivity contribution in [2.75, 3.05) is 35.7 Å². The van der Waals surface area contributed by atoms with E-state index in [-0.39, 0.29) is 6.10 Å². The Balaban J connectivity index is 1.40. The predicted molar refractivity (Wildman–Crippen MR) is 131 cm³/mol. The van der Waals surface area contributed by atoms with Crippen molar-refractivity contribution in [3.63, 3.8) is 0 Å². The minimum atomic E-state index is -0.447. The van der Waals surface area contributed by atoms with Crippen LogP contribution in [0, 0.1) is 6.92 Å². The van der Waals surface area contributed by atoms with E-state index in [1.807, 2.05) is 6.92 Å². The Morgan fingerprint density at radius 1 is 1.24 bits per heavy atom. The van der Waals surface area contributed by atoms with Crippen molar-refractivity contribution < 1.29 is 9.53 Å². The molecule has 11 nitrogen and oxygen atoms in total. The zero-order valence-electron chi connectivity index (χ0n) is 18.5. The topological polar surface area (TPSA) is 123 Å². The maximum atomic E-state index is 12.9. The number of thiazole rings is 1. The molecule has 5 heterocycles. The van der Waals surface area contributed by atoms with Gasteiger partial charge in [0, 0.05) is 20.2 Å². The number of hydrogen-bond donors (Lipinski definition) is 2. The number of piperidine rings is 1. The first-order valence-electron chi connectivity index (χ1n) is 10.7. The fraction of sp³-hybridized carbons (Fsp3) is 0.333. The molecular formula is C21H22ClN9O2S. The monoisotopic (exact) mass is 499 g/mol. The van der Waals surface area contributed by atoms with Gasteiger partial charge in [0.05, 0.1) is 58.0 Å². The Labute approximate surface area is 204 Å². The number of amides is 2. The normalized spacial score (nSPS) is 16.1. The molecule has 1 saturated heterocycles. The summed E-state index contributed by atoms with van der Waals surface area (Å²) in [7, 11) is 1.72. The summed E-state index contributed by atoms with van der Waals surface area (Å²) in [6.07, 6.45) is 8.32. The van der Waals surface area contributed by atoms with Crippen molar-refractivity contribution >= 4 is 56.4 Å². The minimum absolute atomic E-state index is 0.120. The number of carbonyl (C=O) groups excluding carboxylic acids is 1. The number of halogens is 1. The maximum Gasteiger partial charge on any atom is 0.323 e. The zero-order chi connectivity index (χ0) is 23.7. The molecule has 0 aromatic carbocycles. The highest BCUT2D eigenvalue weighted by Crippen LogP contribution is 2.37. The van der Waals surface area contributed by atoms with Gasteiger partial charge in [-0.3, -0.25) is 0 Å². The largest absolute Gasteiger partial charge is 0.380 e. The number of rotatable bonds is 5. The van der Waals surface area contributed by atoms with E-state index in [1.165, 1.54) is 34.7 Å². The van der Waals surface area contributed by atoms with Crippen molar-refractivity contribution in [1.82, 2.24) is 29.9 Å². The standard InChI is InChI=1S/C21H22ClN9O2S/c1-12-27-17-18(30-7-3-4-14(11-30)33-2)16(10-24-20(17)34-12)29-21(32)28-13-8-15(22)19(23-9-13)31-25-5-6-26-31/h5-6,8-10,14H,3-4,7,11H2,1-2H3,(H2,28,29,32). The third-order valence-corrected chi connectivity index (χ3v) is 6.63. The molecule has 1 aliphatic heterocycles. The van der Waals surface area contributed by atoms with Gasteiger partial charge in [-0.2, -0.15) is 10.2 Å². The van der Waals surface area contributed by atoms with Crippen LogP contribution in [0.4, 0.5) is 21.9 Å². The lowest BCUT2D eigenvalue weighted by Gasteiger charge is -2.34. The molecule has 176 valence electrons. The minimum Gasteiger partial charge on any atom is -0.380 e. The van der Waals surface area contributed by atoms with Crippen LogP contribution in [0.1, 0.15) is 17.8 Å². The van der Waals surface area contributed by atoms with E-state index >= 15 is 0 Å². The smallest absolute Gasteiger partial charge is 0.323 e. The van der Waals surface area contributed by atoms with Gasteiger partial charge in [-0.05, 0) is 25.8 Å². The number of pyridine rings is 2. The van der Waals surface area contributed by atoms with Gasteiger partial charge in [-0.25, -0.2) is 19.7 Å². The van der Waals surface area contributed by atoms with Crippen molar-refractivity contribution in [1.29, 1.82) is 0 Å². The fourth-order valence-electron chi connectivity index (χ4n) is 3.97. The first-order valence-corrected chi connectivity index (χ1v) is 11.9. The second-order valence-corrected chi connectivity index (χ2v) is 9.37. The zero-order valence-corrected chi connectivity index (χ0v) is 20.1. The highest BCUT2D eigenvalue weighted by molar-refractivity contribution is 7.18. The molecule has 4 aromatic rings. The lowest BCUT2D eigenvalue weighted by atomic mass is 10.1. The van der Waals surface area contributed by atoms with Gasteiger partial charge in [0.25, 0.3) is 0 Å². The Morgan fingerprint density at radius 3 is 2.82 bits per heavy atom. The number of nitrogens with one attached hydrogen (secondary N) is 2. The molecule has 4 aromatic heterocycles. The van der Waals surface area contributed by atoms with E-state index in [0.29, 0.717) is 28.8 Å². The fourth-order valence-corrected chi connectivity index (χ4v) is 4.97. The van der Waals surface area contributed by atoms with E-state index in [4.69, 9.17) is 21.3 Å². The number of aromatic nitrogens is 6. The van der Waals surface area contributed by atoms with Crippen LogP contribution in [0.15, 0.2) is 30.9 Å². The van der Waals surface area contributed by atoms with Crippen molar-refractivity contribution in [3.05, 3.63) is 40.9 Å². The molecule has 1 unspecified atom stereocenters. The quantitative estimate of drug-likeness (QED) is 0.424. The van der Waals surface area contributed by atoms with Crippen molar-refractivity contribution in [2.45, 2.75) is 25.9 Å². The highest BCUT2D eigenvalue weighted by Gasteiger charge is 2.26. The first kappa shape index (κ1) is 22.4. The summed E-state index contributed by atoms with van der Waals surface area (Å²) >= 11 is 7.84. The van der Waals surface area contributed by atoms with Crippen LogP contribution in [-0.2, 0) is 4.74 Å². The number of aryl methyl sites for hydroxylation is 1. The third kappa shape index (κ3) is 4.52. The summed E-state index contributed by atoms with van der Waals surface area (Å²) in [5.74, 6) is 0.367. The van der Waals surface area contributed by atoms with Crippen LogP contribution in [-0.4, -0.2) is 62.3 Å². The molecular weight excluding hydrogens is 478 g/mol. The summed E-state index contributed by atoms with van der Waals surface area (Å²) in [6.45, 7) is 3.50. The second-order valence-electron chi connectivity index (χ2n) is 7.78. The number of fused-ring (bicyclic) bond motifs is 1. The van der Waals surface area contributed by atoms with Gasteiger partial charge >= 0.3 is 6.03 Å². The summed E-state index contributed by atoms with van der Waals surface area (Å²) < 4.78 is 5.60. The highest BCUT2D eigenvalue weighted by atomic mass is 35.5. The molecule has 0 bridgehead atoms. The summed E-state index contributed by atoms with van der Waals surface area (Å²) in [4.78, 5) is 30.7. The van der Waals surface area contributed by atoms with Gasteiger partial charge < -0.3 is 20.3 Å². The molecule has 2 N–H and O–H groups in total. The number of nitrogens with zero attached hydrogens (tertiary/aromatic N) is 7. The molecule has 0 spiro atoms. The average Bonchev–Trinajstić information content (AvgIpc) is 3.48. The van der Waals surface area contributed by atoms with Gasteiger partial charge in [0.15, 0.2) is 5.82 Å². The van der Waals surface area contributed by atoms with Crippen molar-refractivity contribution in [2.24, 2.45) is 0 Å². The van der Waals surface area contributed by atoms with E-state index in [2.05, 4.69) is 35.7 Å². The van der Waals surface area contributed by atoms with Crippen LogP contribution in [0.3, 0.4) is 0 Å². The number of ether oxygens (including phenoxy) is 1. The Bertz CT molecular complexity index is 1330. The van der Waals surface area contributed by atoms with E-state index < -0.39 is 6.03 Å². The number of anilines is 3. The molecule has 13 heteroatoms. The van der Waals surface area contributed by atoms with E-state index in [1.54, 1.807) is 19.4 Å². The third-order valence-electron chi connectivity index (χ3n) is 5.47. The van der Waals surface area contributed by atoms with E-state index in [0.717, 1.165) is 40.4 Å². The number of carbonyl (C=O) groups is 1. The Hall–Kier alpha value is -3.35. The SMILES string of the molecule is COC1CCCN(c2c(NC(=O)Nc3cnc(-n4nccn4)c(Cl)c3)cnc3sc(C)nc23)C1. The van der Waals surface area contributed by atoms with E-state index in [9.17, 15) is 4.79 Å². The molecule has 2 amide bonds. The number of hydrogen-bond acceptors (Lipinski definition) is 9. The Morgan fingerprint density at radius 2 is 2.06 bits per heavy atom. The molecule has 1 atom stereocenters. The van der Waals surface area contributed by atoms with Crippen LogP contribution in [0.25, 0.3) is 16.2 Å². The van der Waals surface area contributed by atoms with Gasteiger partial charge in [-0.15, -0.1) is 4.80 Å². The van der Waals surface area contributed by atoms with Crippen LogP contribution in [0.2, 0.25) is 5.02 Å². The predicted octanol–water partition coefficient (Wildman–Crippen LogP) is 3.89. The molecule has 0 saturated carbocycles. The van der Waals surface area contributed by atoms with Crippen LogP contribution in [0.5, 0.6) is 0 Å². The first-order chi connectivity index (χ1) is 16.5. The molecule has 1 fully saturated rings. The summed E-state index contributed by atoms with van der Waals surface area (Å²) in [5.41, 5.74) is 2.62. The summed E-state index contributed by atoms with van der Waals surface area (Å²) in [6, 6.07) is 1.14. The van der Waals surface area contributed by atoms with Crippen molar-refractivity contribution in [3.8, 4) is 5.82 Å². The summed E-state index contributed by atoms with van der Waals surface area (Å²) in [5, 5.41) is 14.9. The average molecular weight is 500 g/mol. The maximum absolute atomic E-state index is 12.9. The van der Waals surface area contributed by atoms with Gasteiger partial charge in [0.2, 0.25) is 0 Å². The molecule has 1 aliphatic rings. The lowest BCUT2D eigenvalue weighted by Crippen LogP contribution is -2.40. The number of methoxy groups -OCH3 is 1. The second kappa shape index (κ2) is 9.49. The van der Waals surface area contributed by atoms with Crippen LogP contribution < -0.4 is 15.5 Å². The Kier molecular flexibility index (Phi) is 6.26. The molecule has 34 heavy (non-hydrogen) atoms. The molecule has 0 aliphatic carbocycles. The number of urea groups is 1. The van der Waals surface area contributed by atoms with Crippen LogP contribution >= 0.6 is 22.9 Å². The molecule has 0 radical (unpaired) electrons. The van der Waals surface area contributed by atoms with Gasteiger partial charge in [-0.1, -0.05) is 22.9 Å². The van der Waals surface area contributed by atoms with Gasteiger partial charge in [0.1, 0.15) is 10.3 Å². The lowest BCUT2D eigenvalue weighted by molar-refractivity contribution is 0.0894.